The van der Waals surface area contributed by atoms with Crippen LogP contribution in [-0.2, 0) is 19.2 Å². The molecule has 0 aromatic carbocycles. The Bertz CT molecular complexity index is 811. The normalized spacial score (nSPS) is 21.7. The topological polar surface area (TPSA) is 147 Å². The summed E-state index contributed by atoms with van der Waals surface area (Å²) in [5.41, 5.74) is 5.60. The first-order valence-corrected chi connectivity index (χ1v) is 8.88. The highest BCUT2D eigenvalue weighted by atomic mass is 35.5. The number of aliphatic carboxylic acids is 1. The Kier molecular flexibility index (Phi) is 6.10. The number of thiazole rings is 1. The molecular weight excluding hydrogens is 406 g/mol. The number of carbonyl (C=O) groups is 3. The van der Waals surface area contributed by atoms with E-state index in [-0.39, 0.29) is 34.6 Å². The molecule has 1 unspecified atom stereocenters. The third kappa shape index (κ3) is 3.48. The Morgan fingerprint density at radius 3 is 2.85 bits per heavy atom. The number of amides is 2. The molecule has 3 rings (SSSR count). The fourth-order valence-corrected chi connectivity index (χ4v) is 4.18. The monoisotopic (exact) mass is 419 g/mol. The number of hydrogen-bond acceptors (Lipinski definition) is 9. The minimum absolute atomic E-state index is 0. The zero-order chi connectivity index (χ0) is 18.1. The van der Waals surface area contributed by atoms with Crippen molar-refractivity contribution in [3.05, 3.63) is 22.8 Å². The van der Waals surface area contributed by atoms with Gasteiger partial charge < -0.3 is 21.0 Å². The minimum Gasteiger partial charge on any atom is -0.477 e. The Morgan fingerprint density at radius 2 is 2.27 bits per heavy atom. The number of oxime groups is 1. The zero-order valence-corrected chi connectivity index (χ0v) is 15.7. The van der Waals surface area contributed by atoms with Gasteiger partial charge in [0.1, 0.15) is 29.9 Å². The lowest BCUT2D eigenvalue weighted by Crippen LogP contribution is -2.70. The molecule has 2 amide bonds. The van der Waals surface area contributed by atoms with E-state index < -0.39 is 29.2 Å². The SMILES string of the molecule is CO/N=C(\C(=O)NC1C(=O)N2C(C(=O)O)=CCS[C@H]12)c1csc(N)n1.Cl. The lowest BCUT2D eigenvalue weighted by Gasteiger charge is -2.48. The molecule has 140 valence electrons. The van der Waals surface area contributed by atoms with E-state index >= 15 is 0 Å². The number of anilines is 1. The van der Waals surface area contributed by atoms with Crippen LogP contribution in [-0.4, -0.2) is 62.8 Å². The number of carbonyl (C=O) groups excluding carboxylic acids is 2. The molecule has 26 heavy (non-hydrogen) atoms. The van der Waals surface area contributed by atoms with Crippen LogP contribution in [0.5, 0.6) is 0 Å². The summed E-state index contributed by atoms with van der Waals surface area (Å²) in [7, 11) is 1.28. The zero-order valence-electron chi connectivity index (χ0n) is 13.2. The summed E-state index contributed by atoms with van der Waals surface area (Å²) in [5, 5.41) is 16.7. The maximum atomic E-state index is 12.5. The quantitative estimate of drug-likeness (QED) is 0.339. The van der Waals surface area contributed by atoms with Crippen LogP contribution in [0.1, 0.15) is 5.69 Å². The predicted molar refractivity (Wildman–Crippen MR) is 98.1 cm³/mol. The van der Waals surface area contributed by atoms with Gasteiger partial charge in [0.05, 0.1) is 0 Å². The van der Waals surface area contributed by atoms with Crippen molar-refractivity contribution in [1.29, 1.82) is 0 Å². The van der Waals surface area contributed by atoms with Crippen molar-refractivity contribution in [2.24, 2.45) is 5.16 Å². The third-order valence-corrected chi connectivity index (χ3v) is 5.37. The van der Waals surface area contributed by atoms with Crippen LogP contribution < -0.4 is 11.1 Å². The van der Waals surface area contributed by atoms with E-state index in [0.717, 1.165) is 16.2 Å². The number of thioether (sulfide) groups is 1. The van der Waals surface area contributed by atoms with Gasteiger partial charge >= 0.3 is 5.97 Å². The Hall–Kier alpha value is -2.31. The van der Waals surface area contributed by atoms with Crippen LogP contribution in [0.15, 0.2) is 22.3 Å². The molecule has 0 bridgehead atoms. The van der Waals surface area contributed by atoms with Crippen LogP contribution in [0.2, 0.25) is 0 Å². The number of nitrogens with two attached hydrogens (primary N) is 1. The van der Waals surface area contributed by atoms with Crippen molar-refractivity contribution >= 4 is 64.1 Å². The van der Waals surface area contributed by atoms with Crippen LogP contribution in [0.3, 0.4) is 0 Å². The molecule has 3 heterocycles. The van der Waals surface area contributed by atoms with Crippen molar-refractivity contribution in [2.45, 2.75) is 11.4 Å². The minimum atomic E-state index is -1.18. The molecule has 0 radical (unpaired) electrons. The fourth-order valence-electron chi connectivity index (χ4n) is 2.44. The molecule has 13 heteroatoms. The lowest BCUT2D eigenvalue weighted by molar-refractivity contribution is -0.150. The molecule has 2 aliphatic heterocycles. The van der Waals surface area contributed by atoms with Crippen molar-refractivity contribution in [2.75, 3.05) is 18.6 Å². The molecule has 2 atom stereocenters. The second-order valence-electron chi connectivity index (χ2n) is 4.97. The van der Waals surface area contributed by atoms with Gasteiger partial charge in [0, 0.05) is 11.1 Å². The predicted octanol–water partition coefficient (Wildman–Crippen LogP) is -0.134. The summed E-state index contributed by atoms with van der Waals surface area (Å²) >= 11 is 2.49. The van der Waals surface area contributed by atoms with Gasteiger partial charge in [-0.05, 0) is 6.08 Å². The summed E-state index contributed by atoms with van der Waals surface area (Å²) in [6, 6.07) is -0.849. The number of aromatic nitrogens is 1. The van der Waals surface area contributed by atoms with Gasteiger partial charge in [-0.1, -0.05) is 5.16 Å². The molecule has 1 aromatic rings. The number of hydrogen-bond donors (Lipinski definition) is 3. The van der Waals surface area contributed by atoms with E-state index in [4.69, 9.17) is 10.8 Å². The highest BCUT2D eigenvalue weighted by Crippen LogP contribution is 2.37. The number of β-lactam (4-membered cyclic amide) rings is 1. The van der Waals surface area contributed by atoms with Gasteiger partial charge in [-0.25, -0.2) is 9.78 Å². The molecule has 10 nitrogen and oxygen atoms in total. The van der Waals surface area contributed by atoms with Crippen molar-refractivity contribution in [3.8, 4) is 0 Å². The Labute approximate surface area is 161 Å². The summed E-state index contributed by atoms with van der Waals surface area (Å²) in [6.45, 7) is 0. The second kappa shape index (κ2) is 7.93. The summed E-state index contributed by atoms with van der Waals surface area (Å²) in [6.07, 6.45) is 1.47. The number of nitrogens with one attached hydrogen (secondary N) is 1. The van der Waals surface area contributed by atoms with Crippen molar-refractivity contribution < 1.29 is 24.3 Å². The van der Waals surface area contributed by atoms with E-state index in [1.807, 2.05) is 0 Å². The average Bonchev–Trinajstić information content (AvgIpc) is 3.02. The van der Waals surface area contributed by atoms with Gasteiger partial charge in [-0.2, -0.15) is 0 Å². The molecule has 1 saturated heterocycles. The van der Waals surface area contributed by atoms with E-state index in [1.165, 1.54) is 24.9 Å². The van der Waals surface area contributed by atoms with E-state index in [1.54, 1.807) is 5.38 Å². The first-order valence-electron chi connectivity index (χ1n) is 6.95. The van der Waals surface area contributed by atoms with Crippen molar-refractivity contribution in [3.63, 3.8) is 0 Å². The van der Waals surface area contributed by atoms with Gasteiger partial charge in [0.15, 0.2) is 10.8 Å². The summed E-state index contributed by atoms with van der Waals surface area (Å²) in [5.74, 6) is -1.89. The molecule has 0 spiro atoms. The van der Waals surface area contributed by atoms with E-state index in [0.29, 0.717) is 5.75 Å². The maximum absolute atomic E-state index is 12.5. The van der Waals surface area contributed by atoms with Crippen molar-refractivity contribution in [1.82, 2.24) is 15.2 Å². The largest absolute Gasteiger partial charge is 0.477 e. The van der Waals surface area contributed by atoms with Crippen LogP contribution in [0.25, 0.3) is 0 Å². The summed E-state index contributed by atoms with van der Waals surface area (Å²) in [4.78, 5) is 45.7. The molecule has 4 N–H and O–H groups in total. The molecule has 0 aliphatic carbocycles. The maximum Gasteiger partial charge on any atom is 0.352 e. The highest BCUT2D eigenvalue weighted by Gasteiger charge is 2.53. The lowest BCUT2D eigenvalue weighted by atomic mass is 10.0. The number of rotatable bonds is 5. The fraction of sp³-hybridized carbons (Fsp3) is 0.308. The standard InChI is InChI=1S/C13H13N5O5S2.ClH/c1-23-17-7(5-4-25-13(14)15-5)9(19)16-8-10(20)18-6(12(21)22)2-3-24-11(8)18;/h2,4,8,11H,3H2,1H3,(H2,14,15)(H,16,19)(H,21,22);1H/b17-7-;/t8?,11-;/m1./s1. The molecular formula is C13H14ClN5O5S2. The van der Waals surface area contributed by atoms with Crippen LogP contribution >= 0.6 is 35.5 Å². The van der Waals surface area contributed by atoms with Gasteiger partial charge in [-0.15, -0.1) is 35.5 Å². The molecule has 2 aliphatic rings. The Balaban J connectivity index is 0.00000243. The number of nitrogens with zero attached hydrogens (tertiary/aromatic N) is 3. The average molecular weight is 420 g/mol. The van der Waals surface area contributed by atoms with Crippen LogP contribution in [0, 0.1) is 0 Å². The number of fused-ring (bicyclic) bond motifs is 1. The van der Waals surface area contributed by atoms with Gasteiger partial charge in [0.25, 0.3) is 11.8 Å². The van der Waals surface area contributed by atoms with Crippen LogP contribution in [0.4, 0.5) is 5.13 Å². The number of carboxylic acid groups (broad SMARTS) is 1. The first-order chi connectivity index (χ1) is 11.9. The number of nitrogen functional groups attached to an aromatic ring is 1. The van der Waals surface area contributed by atoms with E-state index in [2.05, 4.69) is 20.3 Å². The highest BCUT2D eigenvalue weighted by molar-refractivity contribution is 8.00. The van der Waals surface area contributed by atoms with E-state index in [9.17, 15) is 14.4 Å². The second-order valence-corrected chi connectivity index (χ2v) is 7.01. The molecule has 1 aromatic heterocycles. The number of carboxylic acids is 1. The first kappa shape index (κ1) is 20.0. The smallest absolute Gasteiger partial charge is 0.352 e. The van der Waals surface area contributed by atoms with Gasteiger partial charge in [0.2, 0.25) is 0 Å². The molecule has 0 saturated carbocycles. The Morgan fingerprint density at radius 1 is 1.54 bits per heavy atom. The summed E-state index contributed by atoms with van der Waals surface area (Å²) < 4.78 is 0. The molecule has 1 fully saturated rings. The van der Waals surface area contributed by atoms with Gasteiger partial charge in [-0.3, -0.25) is 14.5 Å². The number of halogens is 1. The third-order valence-electron chi connectivity index (χ3n) is 3.51.